The van der Waals surface area contributed by atoms with Gasteiger partial charge in [0.15, 0.2) is 0 Å². The van der Waals surface area contributed by atoms with Crippen molar-refractivity contribution in [1.29, 1.82) is 0 Å². The predicted molar refractivity (Wildman–Crippen MR) is 108 cm³/mol. The van der Waals surface area contributed by atoms with Gasteiger partial charge in [0.25, 0.3) is 5.91 Å². The van der Waals surface area contributed by atoms with Crippen molar-refractivity contribution in [2.45, 2.75) is 5.88 Å². The molecule has 2 aromatic carbocycles. The highest BCUT2D eigenvalue weighted by molar-refractivity contribution is 7.21. The first-order valence-electron chi connectivity index (χ1n) is 7.93. The van der Waals surface area contributed by atoms with Gasteiger partial charge in [-0.25, -0.2) is 0 Å². The van der Waals surface area contributed by atoms with Crippen molar-refractivity contribution >= 4 is 56.2 Å². The first kappa shape index (κ1) is 19.0. The van der Waals surface area contributed by atoms with Crippen LogP contribution in [0.4, 0.5) is 5.69 Å². The number of fused-ring (bicyclic) bond motifs is 1. The lowest BCUT2D eigenvalue weighted by Crippen LogP contribution is -2.14. The third-order valence-corrected chi connectivity index (χ3v) is 5.49. The molecule has 0 aliphatic heterocycles. The summed E-state index contributed by atoms with van der Waals surface area (Å²) in [5, 5.41) is 4.40. The van der Waals surface area contributed by atoms with E-state index in [0.717, 1.165) is 15.6 Å². The second-order valence-electron chi connectivity index (χ2n) is 5.48. The van der Waals surface area contributed by atoms with E-state index in [1.54, 1.807) is 25.3 Å². The Balaban J connectivity index is 1.89. The maximum atomic E-state index is 12.9. The molecule has 1 amide bonds. The highest BCUT2D eigenvalue weighted by Crippen LogP contribution is 2.34. The molecule has 0 aliphatic rings. The van der Waals surface area contributed by atoms with Gasteiger partial charge in [-0.15, -0.1) is 22.9 Å². The number of benzene rings is 2. The Labute approximate surface area is 165 Å². The van der Waals surface area contributed by atoms with Crippen molar-refractivity contribution in [3.8, 4) is 5.75 Å². The lowest BCUT2D eigenvalue weighted by atomic mass is 10.1. The van der Waals surface area contributed by atoms with Crippen LogP contribution in [-0.2, 0) is 10.6 Å². The van der Waals surface area contributed by atoms with Gasteiger partial charge in [-0.05, 0) is 35.2 Å². The second kappa shape index (κ2) is 8.73. The molecule has 136 valence electrons. The molecule has 3 aromatic rings. The van der Waals surface area contributed by atoms with Crippen molar-refractivity contribution in [3.05, 3.63) is 57.9 Å². The number of thiophene rings is 1. The molecule has 0 saturated carbocycles. The van der Waals surface area contributed by atoms with Gasteiger partial charge < -0.3 is 14.8 Å². The highest BCUT2D eigenvalue weighted by atomic mass is 35.5. The lowest BCUT2D eigenvalue weighted by molar-refractivity contribution is 0.102. The van der Waals surface area contributed by atoms with Crippen LogP contribution in [-0.4, -0.2) is 26.2 Å². The van der Waals surface area contributed by atoms with E-state index in [-0.39, 0.29) is 11.8 Å². The van der Waals surface area contributed by atoms with Crippen LogP contribution >= 0.6 is 34.5 Å². The third kappa shape index (κ3) is 4.13. The number of nitrogens with one attached hydrogen (secondary N) is 1. The summed E-state index contributed by atoms with van der Waals surface area (Å²) in [5.74, 6) is 0.563. The zero-order valence-electron chi connectivity index (χ0n) is 14.1. The number of anilines is 1. The van der Waals surface area contributed by atoms with Gasteiger partial charge in [-0.3, -0.25) is 4.79 Å². The van der Waals surface area contributed by atoms with Crippen LogP contribution < -0.4 is 10.1 Å². The molecule has 0 saturated heterocycles. The molecule has 0 spiro atoms. The first-order valence-corrected chi connectivity index (χ1v) is 9.66. The number of carbonyl (C=O) groups excluding carboxylic acids is 1. The fourth-order valence-corrected chi connectivity index (χ4v) is 4.20. The number of rotatable bonds is 7. The zero-order chi connectivity index (χ0) is 18.5. The standard InChI is InChI=1S/C19H17Cl2NO3S/c1-24-8-9-25-16-7-6-12(21)10-15(16)22-19(23)18-14(11-20)13-4-2-3-5-17(13)26-18/h2-7,10H,8-9,11H2,1H3,(H,22,23). The summed E-state index contributed by atoms with van der Waals surface area (Å²) in [6.45, 7) is 0.819. The Hall–Kier alpha value is -1.79. The Morgan fingerprint density at radius 2 is 2.00 bits per heavy atom. The monoisotopic (exact) mass is 409 g/mol. The van der Waals surface area contributed by atoms with Crippen LogP contribution in [0.1, 0.15) is 15.2 Å². The molecule has 0 unspecified atom stereocenters. The predicted octanol–water partition coefficient (Wildman–Crippen LogP) is 5.57. The third-order valence-electron chi connectivity index (χ3n) is 3.77. The number of ether oxygens (including phenoxy) is 2. The fraction of sp³-hybridized carbons (Fsp3) is 0.211. The molecule has 1 N–H and O–H groups in total. The van der Waals surface area contributed by atoms with Crippen LogP contribution in [0, 0.1) is 0 Å². The zero-order valence-corrected chi connectivity index (χ0v) is 16.4. The fourth-order valence-electron chi connectivity index (χ4n) is 2.55. The smallest absolute Gasteiger partial charge is 0.266 e. The Morgan fingerprint density at radius 1 is 1.19 bits per heavy atom. The second-order valence-corrected chi connectivity index (χ2v) is 7.23. The Kier molecular flexibility index (Phi) is 6.38. The average molecular weight is 410 g/mol. The minimum Gasteiger partial charge on any atom is -0.489 e. The van der Waals surface area contributed by atoms with E-state index >= 15 is 0 Å². The van der Waals surface area contributed by atoms with E-state index in [0.29, 0.717) is 34.6 Å². The van der Waals surface area contributed by atoms with Gasteiger partial charge in [0, 0.05) is 22.7 Å². The van der Waals surface area contributed by atoms with Crippen molar-refractivity contribution in [3.63, 3.8) is 0 Å². The van der Waals surface area contributed by atoms with E-state index in [4.69, 9.17) is 32.7 Å². The number of methoxy groups -OCH3 is 1. The number of carbonyl (C=O) groups is 1. The molecule has 26 heavy (non-hydrogen) atoms. The van der Waals surface area contributed by atoms with Crippen molar-refractivity contribution in [2.75, 3.05) is 25.6 Å². The van der Waals surface area contributed by atoms with Crippen LogP contribution in [0.25, 0.3) is 10.1 Å². The summed E-state index contributed by atoms with van der Waals surface area (Å²) in [6, 6.07) is 12.9. The highest BCUT2D eigenvalue weighted by Gasteiger charge is 2.19. The quantitative estimate of drug-likeness (QED) is 0.409. The summed E-state index contributed by atoms with van der Waals surface area (Å²) in [6.07, 6.45) is 0. The van der Waals surface area contributed by atoms with E-state index in [2.05, 4.69) is 5.32 Å². The molecule has 0 bridgehead atoms. The molecule has 1 aromatic heterocycles. The first-order chi connectivity index (χ1) is 12.6. The molecule has 4 nitrogen and oxygen atoms in total. The van der Waals surface area contributed by atoms with E-state index < -0.39 is 0 Å². The van der Waals surface area contributed by atoms with Gasteiger partial charge in [0.2, 0.25) is 0 Å². The molecule has 0 radical (unpaired) electrons. The van der Waals surface area contributed by atoms with Gasteiger partial charge >= 0.3 is 0 Å². The summed E-state index contributed by atoms with van der Waals surface area (Å²) < 4.78 is 11.7. The van der Waals surface area contributed by atoms with E-state index in [9.17, 15) is 4.79 Å². The van der Waals surface area contributed by atoms with E-state index in [1.807, 2.05) is 24.3 Å². The lowest BCUT2D eigenvalue weighted by Gasteiger charge is -2.13. The number of alkyl halides is 1. The summed E-state index contributed by atoms with van der Waals surface area (Å²) in [7, 11) is 1.60. The normalized spacial score (nSPS) is 10.9. The summed E-state index contributed by atoms with van der Waals surface area (Å²) >= 11 is 13.6. The van der Waals surface area contributed by atoms with Gasteiger partial charge in [0.05, 0.1) is 17.2 Å². The molecular weight excluding hydrogens is 393 g/mol. The summed E-state index contributed by atoms with van der Waals surface area (Å²) in [4.78, 5) is 13.5. The molecular formula is C19H17Cl2NO3S. The van der Waals surface area contributed by atoms with Crippen LogP contribution in [0.15, 0.2) is 42.5 Å². The van der Waals surface area contributed by atoms with Crippen LogP contribution in [0.3, 0.4) is 0 Å². The molecule has 1 heterocycles. The number of hydrogen-bond donors (Lipinski definition) is 1. The Morgan fingerprint density at radius 3 is 2.77 bits per heavy atom. The summed E-state index contributed by atoms with van der Waals surface area (Å²) in [5.41, 5.74) is 1.34. The molecule has 0 atom stereocenters. The number of halogens is 2. The van der Waals surface area contributed by atoms with Crippen LogP contribution in [0.5, 0.6) is 5.75 Å². The largest absolute Gasteiger partial charge is 0.489 e. The van der Waals surface area contributed by atoms with Crippen molar-refractivity contribution in [1.82, 2.24) is 0 Å². The maximum Gasteiger partial charge on any atom is 0.266 e. The van der Waals surface area contributed by atoms with E-state index in [1.165, 1.54) is 11.3 Å². The minimum atomic E-state index is -0.235. The van der Waals surface area contributed by atoms with Gasteiger partial charge in [-0.1, -0.05) is 29.8 Å². The molecule has 0 fully saturated rings. The SMILES string of the molecule is COCCOc1ccc(Cl)cc1NC(=O)c1sc2ccccc2c1CCl. The van der Waals surface area contributed by atoms with Gasteiger partial charge in [0.1, 0.15) is 12.4 Å². The Bertz CT molecular complexity index is 926. The molecule has 0 aliphatic carbocycles. The minimum absolute atomic E-state index is 0.235. The maximum absolute atomic E-state index is 12.9. The molecule has 7 heteroatoms. The van der Waals surface area contributed by atoms with Gasteiger partial charge in [-0.2, -0.15) is 0 Å². The number of amides is 1. The van der Waals surface area contributed by atoms with Crippen LogP contribution in [0.2, 0.25) is 5.02 Å². The van der Waals surface area contributed by atoms with Crippen molar-refractivity contribution < 1.29 is 14.3 Å². The van der Waals surface area contributed by atoms with Crippen molar-refractivity contribution in [2.24, 2.45) is 0 Å². The molecule has 3 rings (SSSR count). The number of hydrogen-bond acceptors (Lipinski definition) is 4. The average Bonchev–Trinajstić information content (AvgIpc) is 3.02. The topological polar surface area (TPSA) is 47.6 Å².